The number of furan rings is 1. The van der Waals surface area contributed by atoms with E-state index >= 15 is 0 Å². The number of nitrogens with one attached hydrogen (secondary N) is 1. The van der Waals surface area contributed by atoms with Crippen molar-refractivity contribution in [2.45, 2.75) is 32.7 Å². The van der Waals surface area contributed by atoms with Crippen LogP contribution in [0.2, 0.25) is 0 Å². The first kappa shape index (κ1) is 12.8. The van der Waals surface area contributed by atoms with Crippen molar-refractivity contribution in [1.29, 1.82) is 0 Å². The number of hydrogen-bond donors (Lipinski definition) is 2. The van der Waals surface area contributed by atoms with E-state index in [9.17, 15) is 4.79 Å². The zero-order valence-corrected chi connectivity index (χ0v) is 9.77. The van der Waals surface area contributed by atoms with E-state index in [2.05, 4.69) is 12.2 Å². The number of carbonyl (C=O) groups is 1. The maximum absolute atomic E-state index is 10.6. The number of aliphatic carboxylic acids is 1. The second kappa shape index (κ2) is 6.33. The molecule has 0 aromatic carbocycles. The maximum Gasteiger partial charge on any atom is 0.307 e. The lowest BCUT2D eigenvalue weighted by Gasteiger charge is -2.14. The minimum atomic E-state index is -0.759. The van der Waals surface area contributed by atoms with Gasteiger partial charge in [0.1, 0.15) is 5.76 Å². The molecule has 1 aromatic heterocycles. The van der Waals surface area contributed by atoms with Crippen LogP contribution in [0.5, 0.6) is 0 Å². The number of carboxylic acid groups (broad SMARTS) is 1. The number of rotatable bonds is 7. The SMILES string of the molecule is CC(CCc1ccco1)NCC(C)C(=O)O. The minimum Gasteiger partial charge on any atom is -0.481 e. The lowest BCUT2D eigenvalue weighted by atomic mass is 10.1. The second-order valence-corrected chi connectivity index (χ2v) is 4.17. The highest BCUT2D eigenvalue weighted by Gasteiger charge is 2.12. The third-order valence-electron chi connectivity index (χ3n) is 2.60. The van der Waals surface area contributed by atoms with Crippen LogP contribution >= 0.6 is 0 Å². The molecule has 4 nitrogen and oxygen atoms in total. The largest absolute Gasteiger partial charge is 0.481 e. The summed E-state index contributed by atoms with van der Waals surface area (Å²) in [4.78, 5) is 10.6. The van der Waals surface area contributed by atoms with Crippen LogP contribution in [0.1, 0.15) is 26.0 Å². The molecule has 2 unspecified atom stereocenters. The van der Waals surface area contributed by atoms with Crippen molar-refractivity contribution in [3.8, 4) is 0 Å². The standard InChI is InChI=1S/C12H19NO3/c1-9(12(14)15)8-13-10(2)5-6-11-4-3-7-16-11/h3-4,7,9-10,13H,5-6,8H2,1-2H3,(H,14,15). The summed E-state index contributed by atoms with van der Waals surface area (Å²) in [7, 11) is 0. The van der Waals surface area contributed by atoms with Gasteiger partial charge in [-0.15, -0.1) is 0 Å². The monoisotopic (exact) mass is 225 g/mol. The fraction of sp³-hybridized carbons (Fsp3) is 0.583. The molecule has 2 N–H and O–H groups in total. The van der Waals surface area contributed by atoms with Crippen molar-refractivity contribution in [3.05, 3.63) is 24.2 Å². The number of aryl methyl sites for hydroxylation is 1. The Morgan fingerprint density at radius 3 is 2.88 bits per heavy atom. The molecule has 0 aliphatic rings. The van der Waals surface area contributed by atoms with Crippen LogP contribution in [-0.4, -0.2) is 23.7 Å². The molecule has 4 heteroatoms. The molecule has 0 fully saturated rings. The van der Waals surface area contributed by atoms with Gasteiger partial charge in [-0.3, -0.25) is 4.79 Å². The zero-order valence-electron chi connectivity index (χ0n) is 9.77. The van der Waals surface area contributed by atoms with Gasteiger partial charge in [-0.05, 0) is 25.5 Å². The summed E-state index contributed by atoms with van der Waals surface area (Å²) in [6.45, 7) is 4.26. The Hall–Kier alpha value is -1.29. The fourth-order valence-electron chi connectivity index (χ4n) is 1.38. The Bertz CT molecular complexity index is 308. The molecule has 16 heavy (non-hydrogen) atoms. The van der Waals surface area contributed by atoms with Gasteiger partial charge in [0.2, 0.25) is 0 Å². The molecule has 0 amide bonds. The van der Waals surface area contributed by atoms with Crippen LogP contribution in [0.15, 0.2) is 22.8 Å². The van der Waals surface area contributed by atoms with E-state index in [1.807, 2.05) is 12.1 Å². The molecule has 1 heterocycles. The molecule has 0 spiro atoms. The van der Waals surface area contributed by atoms with E-state index in [4.69, 9.17) is 9.52 Å². The topological polar surface area (TPSA) is 62.5 Å². The summed E-state index contributed by atoms with van der Waals surface area (Å²) in [6, 6.07) is 4.12. The normalized spacial score (nSPS) is 14.6. The molecule has 0 saturated carbocycles. The van der Waals surface area contributed by atoms with Crippen LogP contribution in [0.25, 0.3) is 0 Å². The first-order valence-corrected chi connectivity index (χ1v) is 5.58. The molecule has 0 bridgehead atoms. The van der Waals surface area contributed by atoms with Gasteiger partial charge in [-0.2, -0.15) is 0 Å². The van der Waals surface area contributed by atoms with Gasteiger partial charge in [0, 0.05) is 19.0 Å². The first-order valence-electron chi connectivity index (χ1n) is 5.58. The summed E-state index contributed by atoms with van der Waals surface area (Å²) in [6.07, 6.45) is 3.49. The van der Waals surface area contributed by atoms with E-state index in [1.54, 1.807) is 13.2 Å². The third kappa shape index (κ3) is 4.49. The summed E-state index contributed by atoms with van der Waals surface area (Å²) in [5.74, 6) is -0.128. The fourth-order valence-corrected chi connectivity index (χ4v) is 1.38. The van der Waals surface area contributed by atoms with E-state index in [0.29, 0.717) is 12.6 Å². The van der Waals surface area contributed by atoms with Gasteiger partial charge in [-0.1, -0.05) is 6.92 Å². The van der Waals surface area contributed by atoms with Crippen molar-refractivity contribution in [2.75, 3.05) is 6.54 Å². The number of hydrogen-bond acceptors (Lipinski definition) is 3. The average Bonchev–Trinajstić information content (AvgIpc) is 2.75. The van der Waals surface area contributed by atoms with Crippen LogP contribution in [0.4, 0.5) is 0 Å². The Morgan fingerprint density at radius 1 is 1.56 bits per heavy atom. The Labute approximate surface area is 95.7 Å². The van der Waals surface area contributed by atoms with E-state index in [1.165, 1.54) is 0 Å². The highest BCUT2D eigenvalue weighted by molar-refractivity contribution is 5.69. The highest BCUT2D eigenvalue weighted by atomic mass is 16.4. The summed E-state index contributed by atoms with van der Waals surface area (Å²) in [5.41, 5.74) is 0. The first-order chi connectivity index (χ1) is 7.59. The van der Waals surface area contributed by atoms with Gasteiger partial charge >= 0.3 is 5.97 Å². The minimum absolute atomic E-state index is 0.298. The molecule has 2 atom stereocenters. The van der Waals surface area contributed by atoms with Crippen LogP contribution < -0.4 is 5.32 Å². The van der Waals surface area contributed by atoms with E-state index < -0.39 is 5.97 Å². The molecule has 90 valence electrons. The predicted octanol–water partition coefficient (Wildman–Crippen LogP) is 1.91. The molecular formula is C12H19NO3. The summed E-state index contributed by atoms with van der Waals surface area (Å²) < 4.78 is 5.23. The molecule has 0 aliphatic heterocycles. The van der Waals surface area contributed by atoms with Gasteiger partial charge in [0.05, 0.1) is 12.2 Å². The molecular weight excluding hydrogens is 206 g/mol. The zero-order chi connectivity index (χ0) is 12.0. The quantitative estimate of drug-likeness (QED) is 0.744. The van der Waals surface area contributed by atoms with Crippen LogP contribution in [0.3, 0.4) is 0 Å². The average molecular weight is 225 g/mol. The highest BCUT2D eigenvalue weighted by Crippen LogP contribution is 2.06. The van der Waals surface area contributed by atoms with Crippen molar-refractivity contribution in [2.24, 2.45) is 5.92 Å². The van der Waals surface area contributed by atoms with Crippen LogP contribution in [0, 0.1) is 5.92 Å². The van der Waals surface area contributed by atoms with E-state index in [-0.39, 0.29) is 5.92 Å². The van der Waals surface area contributed by atoms with E-state index in [0.717, 1.165) is 18.6 Å². The molecule has 0 saturated heterocycles. The smallest absolute Gasteiger partial charge is 0.307 e. The summed E-state index contributed by atoms with van der Waals surface area (Å²) in [5, 5.41) is 11.9. The van der Waals surface area contributed by atoms with Gasteiger partial charge in [-0.25, -0.2) is 0 Å². The molecule has 1 rings (SSSR count). The van der Waals surface area contributed by atoms with Crippen molar-refractivity contribution in [3.63, 3.8) is 0 Å². The summed E-state index contributed by atoms with van der Waals surface area (Å²) >= 11 is 0. The predicted molar refractivity (Wildman–Crippen MR) is 61.3 cm³/mol. The van der Waals surface area contributed by atoms with Gasteiger partial charge < -0.3 is 14.8 Å². The van der Waals surface area contributed by atoms with Gasteiger partial charge in [0.25, 0.3) is 0 Å². The van der Waals surface area contributed by atoms with Gasteiger partial charge in [0.15, 0.2) is 0 Å². The maximum atomic E-state index is 10.6. The Balaban J connectivity index is 2.16. The van der Waals surface area contributed by atoms with Crippen molar-refractivity contribution < 1.29 is 14.3 Å². The van der Waals surface area contributed by atoms with Crippen molar-refractivity contribution >= 4 is 5.97 Å². The lowest BCUT2D eigenvalue weighted by Crippen LogP contribution is -2.33. The molecule has 0 aliphatic carbocycles. The van der Waals surface area contributed by atoms with Crippen LogP contribution in [-0.2, 0) is 11.2 Å². The number of carboxylic acids is 1. The lowest BCUT2D eigenvalue weighted by molar-refractivity contribution is -0.140. The second-order valence-electron chi connectivity index (χ2n) is 4.17. The third-order valence-corrected chi connectivity index (χ3v) is 2.60. The molecule has 0 radical (unpaired) electrons. The Morgan fingerprint density at radius 2 is 2.31 bits per heavy atom. The van der Waals surface area contributed by atoms with Crippen molar-refractivity contribution in [1.82, 2.24) is 5.32 Å². The molecule has 1 aromatic rings. The Kier molecular flexibility index (Phi) is 5.05.